The number of nitrogens with two attached hydrogens (primary N) is 1. The summed E-state index contributed by atoms with van der Waals surface area (Å²) in [5.74, 6) is 0. The Morgan fingerprint density at radius 3 is 2.47 bits per heavy atom. The van der Waals surface area contributed by atoms with Gasteiger partial charge in [-0.15, -0.1) is 0 Å². The molecule has 1 aromatic rings. The lowest BCUT2D eigenvalue weighted by Gasteiger charge is -2.26. The second-order valence-electron chi connectivity index (χ2n) is 5.33. The molecule has 0 amide bonds. The fraction of sp³-hybridized carbons (Fsp3) is 0.600. The smallest absolute Gasteiger partial charge is 0.0233 e. The second kappa shape index (κ2) is 5.65. The zero-order valence-corrected chi connectivity index (χ0v) is 10.9. The van der Waals surface area contributed by atoms with Crippen molar-refractivity contribution in [1.29, 1.82) is 0 Å². The largest absolute Gasteiger partial charge is 0.330 e. The molecule has 0 unspecified atom stereocenters. The Morgan fingerprint density at radius 2 is 1.94 bits per heavy atom. The zero-order valence-electron chi connectivity index (χ0n) is 10.9. The van der Waals surface area contributed by atoms with E-state index < -0.39 is 0 Å². The van der Waals surface area contributed by atoms with E-state index in [1.807, 2.05) is 0 Å². The fourth-order valence-corrected chi connectivity index (χ4v) is 2.57. The Labute approximate surface area is 105 Å². The molecule has 1 aliphatic rings. The first-order valence-electron chi connectivity index (χ1n) is 6.74. The van der Waals surface area contributed by atoms with E-state index in [4.69, 9.17) is 5.73 Å². The van der Waals surface area contributed by atoms with E-state index in [0.29, 0.717) is 5.41 Å². The normalized spacial score (nSPS) is 17.4. The monoisotopic (exact) mass is 232 g/mol. The Balaban J connectivity index is 1.89. The topological polar surface area (TPSA) is 29.3 Å². The van der Waals surface area contributed by atoms with Crippen LogP contribution in [0.5, 0.6) is 0 Å². The van der Waals surface area contributed by atoms with E-state index in [2.05, 4.69) is 42.2 Å². The molecule has 1 saturated carbocycles. The van der Waals surface area contributed by atoms with Crippen molar-refractivity contribution in [3.05, 3.63) is 35.9 Å². The molecule has 0 aromatic heterocycles. The van der Waals surface area contributed by atoms with Gasteiger partial charge >= 0.3 is 0 Å². The van der Waals surface area contributed by atoms with E-state index in [9.17, 15) is 0 Å². The van der Waals surface area contributed by atoms with Gasteiger partial charge in [0.2, 0.25) is 0 Å². The minimum absolute atomic E-state index is 0.555. The molecule has 1 aliphatic carbocycles. The van der Waals surface area contributed by atoms with E-state index >= 15 is 0 Å². The van der Waals surface area contributed by atoms with Crippen molar-refractivity contribution in [2.45, 2.75) is 32.7 Å². The predicted octanol–water partition coefficient (Wildman–Crippen LogP) is 2.64. The van der Waals surface area contributed by atoms with Crippen molar-refractivity contribution in [2.75, 3.05) is 19.6 Å². The molecule has 2 heteroatoms. The molecule has 0 saturated heterocycles. The van der Waals surface area contributed by atoms with Crippen molar-refractivity contribution in [3.63, 3.8) is 0 Å². The summed E-state index contributed by atoms with van der Waals surface area (Å²) in [6.45, 7) is 6.50. The molecule has 17 heavy (non-hydrogen) atoms. The van der Waals surface area contributed by atoms with Crippen LogP contribution in [-0.4, -0.2) is 24.5 Å². The van der Waals surface area contributed by atoms with Crippen molar-refractivity contribution in [3.8, 4) is 0 Å². The number of benzene rings is 1. The summed E-state index contributed by atoms with van der Waals surface area (Å²) in [6, 6.07) is 10.7. The molecular formula is C15H24N2. The molecule has 0 heterocycles. The molecule has 0 aliphatic heterocycles. The molecule has 2 N–H and O–H groups in total. The van der Waals surface area contributed by atoms with Gasteiger partial charge in [0.15, 0.2) is 0 Å². The van der Waals surface area contributed by atoms with E-state index in [1.54, 1.807) is 0 Å². The van der Waals surface area contributed by atoms with Crippen molar-refractivity contribution >= 4 is 0 Å². The summed E-state index contributed by atoms with van der Waals surface area (Å²) in [7, 11) is 0. The Hall–Kier alpha value is -0.860. The van der Waals surface area contributed by atoms with Crippen LogP contribution in [-0.2, 0) is 6.54 Å². The highest BCUT2D eigenvalue weighted by molar-refractivity contribution is 5.14. The number of nitrogens with zero attached hydrogens (tertiary/aromatic N) is 1. The highest BCUT2D eigenvalue weighted by Gasteiger charge is 2.42. The molecule has 0 atom stereocenters. The Kier molecular flexibility index (Phi) is 4.19. The third-order valence-electron chi connectivity index (χ3n) is 3.89. The van der Waals surface area contributed by atoms with Gasteiger partial charge in [-0.25, -0.2) is 0 Å². The van der Waals surface area contributed by atoms with Crippen LogP contribution in [0.4, 0.5) is 0 Å². The quantitative estimate of drug-likeness (QED) is 0.783. The molecule has 0 radical (unpaired) electrons. The molecule has 0 spiro atoms. The van der Waals surface area contributed by atoms with Crippen LogP contribution in [0.3, 0.4) is 0 Å². The van der Waals surface area contributed by atoms with Crippen LogP contribution in [0.2, 0.25) is 0 Å². The van der Waals surface area contributed by atoms with Gasteiger partial charge in [-0.05, 0) is 43.3 Å². The molecule has 0 bridgehead atoms. The van der Waals surface area contributed by atoms with Crippen LogP contribution in [0.1, 0.15) is 31.7 Å². The van der Waals surface area contributed by atoms with Gasteiger partial charge in [0, 0.05) is 13.1 Å². The first-order chi connectivity index (χ1) is 8.28. The third-order valence-corrected chi connectivity index (χ3v) is 3.89. The minimum Gasteiger partial charge on any atom is -0.330 e. The third kappa shape index (κ3) is 3.55. The van der Waals surface area contributed by atoms with Crippen LogP contribution in [0.25, 0.3) is 0 Å². The lowest BCUT2D eigenvalue weighted by Crippen LogP contribution is -2.31. The average molecular weight is 232 g/mol. The van der Waals surface area contributed by atoms with Crippen molar-refractivity contribution in [1.82, 2.24) is 4.90 Å². The van der Waals surface area contributed by atoms with Crippen molar-refractivity contribution < 1.29 is 0 Å². The predicted molar refractivity (Wildman–Crippen MR) is 72.7 cm³/mol. The average Bonchev–Trinajstić information content (AvgIpc) is 3.10. The van der Waals surface area contributed by atoms with Gasteiger partial charge < -0.3 is 5.73 Å². The van der Waals surface area contributed by atoms with Gasteiger partial charge in [-0.1, -0.05) is 37.3 Å². The molecule has 1 fully saturated rings. The maximum absolute atomic E-state index is 5.71. The minimum atomic E-state index is 0.555. The van der Waals surface area contributed by atoms with Gasteiger partial charge in [0.25, 0.3) is 0 Å². The summed E-state index contributed by atoms with van der Waals surface area (Å²) in [5.41, 5.74) is 7.68. The molecule has 2 rings (SSSR count). The lowest BCUT2D eigenvalue weighted by atomic mass is 10.0. The number of rotatable bonds is 7. The summed E-state index contributed by atoms with van der Waals surface area (Å²) in [6.07, 6.45) is 3.93. The molecule has 1 aromatic carbocycles. The van der Waals surface area contributed by atoms with Crippen LogP contribution < -0.4 is 5.73 Å². The van der Waals surface area contributed by atoms with Gasteiger partial charge in [0.05, 0.1) is 0 Å². The van der Waals surface area contributed by atoms with Gasteiger partial charge in [-0.3, -0.25) is 4.90 Å². The summed E-state index contributed by atoms with van der Waals surface area (Å²) in [5, 5.41) is 0. The SMILES string of the molecule is CCN(Cc1ccccc1)CC1(CCN)CC1. The van der Waals surface area contributed by atoms with E-state index in [1.165, 1.54) is 31.4 Å². The van der Waals surface area contributed by atoms with Gasteiger partial charge in [-0.2, -0.15) is 0 Å². The number of hydrogen-bond acceptors (Lipinski definition) is 2. The van der Waals surface area contributed by atoms with Crippen LogP contribution in [0.15, 0.2) is 30.3 Å². The maximum atomic E-state index is 5.71. The van der Waals surface area contributed by atoms with Crippen LogP contribution in [0, 0.1) is 5.41 Å². The van der Waals surface area contributed by atoms with Gasteiger partial charge in [0.1, 0.15) is 0 Å². The lowest BCUT2D eigenvalue weighted by molar-refractivity contribution is 0.215. The first-order valence-corrected chi connectivity index (χ1v) is 6.74. The summed E-state index contributed by atoms with van der Waals surface area (Å²) >= 11 is 0. The highest BCUT2D eigenvalue weighted by Crippen LogP contribution is 2.49. The zero-order chi connectivity index (χ0) is 12.1. The Bertz CT molecular complexity index is 330. The van der Waals surface area contributed by atoms with Crippen molar-refractivity contribution in [2.24, 2.45) is 11.1 Å². The standard InChI is InChI=1S/C15H24N2/c1-2-17(12-14-6-4-3-5-7-14)13-15(8-9-15)10-11-16/h3-7H,2,8-13,16H2,1H3. The molecule has 94 valence electrons. The van der Waals surface area contributed by atoms with E-state index in [0.717, 1.165) is 19.6 Å². The first kappa shape index (κ1) is 12.6. The van der Waals surface area contributed by atoms with E-state index in [-0.39, 0.29) is 0 Å². The second-order valence-corrected chi connectivity index (χ2v) is 5.33. The Morgan fingerprint density at radius 1 is 1.24 bits per heavy atom. The highest BCUT2D eigenvalue weighted by atomic mass is 15.1. The summed E-state index contributed by atoms with van der Waals surface area (Å²) in [4.78, 5) is 2.55. The molecule has 2 nitrogen and oxygen atoms in total. The fourth-order valence-electron chi connectivity index (χ4n) is 2.57. The molecular weight excluding hydrogens is 208 g/mol. The summed E-state index contributed by atoms with van der Waals surface area (Å²) < 4.78 is 0. The maximum Gasteiger partial charge on any atom is 0.0233 e. The van der Waals surface area contributed by atoms with Crippen LogP contribution >= 0.6 is 0 Å². The number of hydrogen-bond donors (Lipinski definition) is 1.